The van der Waals surface area contributed by atoms with Gasteiger partial charge in [-0.3, -0.25) is 0 Å². The lowest BCUT2D eigenvalue weighted by Gasteiger charge is -2.10. The first-order chi connectivity index (χ1) is 10.7. The minimum Gasteiger partial charge on any atom is -0.331 e. The van der Waals surface area contributed by atoms with Crippen LogP contribution in [-0.2, 0) is 19.5 Å². The molecular formula is C16H21N5O. The first-order valence-electron chi connectivity index (χ1n) is 7.75. The summed E-state index contributed by atoms with van der Waals surface area (Å²) in [5.41, 5.74) is 1.86. The molecule has 0 unspecified atom stereocenters. The third kappa shape index (κ3) is 3.27. The number of nitrogens with one attached hydrogen (secondary N) is 2. The van der Waals surface area contributed by atoms with Crippen molar-refractivity contribution >= 4 is 11.7 Å². The molecule has 0 fully saturated rings. The molecule has 6 heteroatoms. The Morgan fingerprint density at radius 2 is 2.09 bits per heavy atom. The number of nitrogens with zero attached hydrogens (tertiary/aromatic N) is 3. The number of aromatic nitrogens is 3. The van der Waals surface area contributed by atoms with Gasteiger partial charge in [-0.05, 0) is 31.4 Å². The first-order valence-corrected chi connectivity index (χ1v) is 7.75. The number of anilines is 1. The summed E-state index contributed by atoms with van der Waals surface area (Å²) < 4.78 is 2.14. The Bertz CT molecular complexity index is 664. The van der Waals surface area contributed by atoms with E-state index in [0.29, 0.717) is 6.54 Å². The molecule has 1 aliphatic rings. The summed E-state index contributed by atoms with van der Waals surface area (Å²) in [5, 5.41) is 14.2. The number of rotatable bonds is 3. The highest BCUT2D eigenvalue weighted by molar-refractivity contribution is 5.89. The van der Waals surface area contributed by atoms with Crippen LogP contribution in [-0.4, -0.2) is 20.8 Å². The van der Waals surface area contributed by atoms with E-state index in [1.54, 1.807) is 0 Å². The van der Waals surface area contributed by atoms with E-state index in [0.717, 1.165) is 42.3 Å². The van der Waals surface area contributed by atoms with Crippen LogP contribution in [0.15, 0.2) is 24.3 Å². The number of urea groups is 1. The third-order valence-corrected chi connectivity index (χ3v) is 3.99. The number of aryl methyl sites for hydroxylation is 2. The quantitative estimate of drug-likeness (QED) is 0.915. The Labute approximate surface area is 129 Å². The number of para-hydroxylation sites is 1. The summed E-state index contributed by atoms with van der Waals surface area (Å²) >= 11 is 0. The standard InChI is InChI=1S/C16H21N5O/c1-12-7-4-5-8-13(12)18-16(22)17-11-15-20-19-14-9-3-2-6-10-21(14)15/h4-5,7-8H,2-3,6,9-11H2,1H3,(H2,17,18,22). The number of amides is 2. The Balaban J connectivity index is 1.60. The predicted octanol–water partition coefficient (Wildman–Crippen LogP) is 2.63. The van der Waals surface area contributed by atoms with Gasteiger partial charge in [0.2, 0.25) is 0 Å². The maximum absolute atomic E-state index is 12.0. The lowest BCUT2D eigenvalue weighted by molar-refractivity contribution is 0.251. The van der Waals surface area contributed by atoms with Crippen LogP contribution in [0.4, 0.5) is 10.5 Å². The molecular weight excluding hydrogens is 278 g/mol. The van der Waals surface area contributed by atoms with E-state index in [1.807, 2.05) is 31.2 Å². The van der Waals surface area contributed by atoms with Gasteiger partial charge >= 0.3 is 6.03 Å². The molecule has 0 saturated heterocycles. The van der Waals surface area contributed by atoms with Crippen molar-refractivity contribution in [3.05, 3.63) is 41.5 Å². The number of fused-ring (bicyclic) bond motifs is 1. The molecule has 1 aliphatic heterocycles. The van der Waals surface area contributed by atoms with Gasteiger partial charge in [0.1, 0.15) is 5.82 Å². The highest BCUT2D eigenvalue weighted by Gasteiger charge is 2.15. The Morgan fingerprint density at radius 1 is 1.23 bits per heavy atom. The van der Waals surface area contributed by atoms with Crippen LogP contribution in [0.2, 0.25) is 0 Å². The molecule has 0 aliphatic carbocycles. The minimum atomic E-state index is -0.222. The van der Waals surface area contributed by atoms with E-state index >= 15 is 0 Å². The molecule has 116 valence electrons. The second kappa shape index (κ2) is 6.60. The van der Waals surface area contributed by atoms with Crippen molar-refractivity contribution in [2.45, 2.75) is 45.7 Å². The second-order valence-corrected chi connectivity index (χ2v) is 5.62. The molecule has 3 rings (SSSR count). The Kier molecular flexibility index (Phi) is 4.37. The molecule has 22 heavy (non-hydrogen) atoms. The van der Waals surface area contributed by atoms with Gasteiger partial charge in [0.15, 0.2) is 5.82 Å². The topological polar surface area (TPSA) is 71.8 Å². The molecule has 2 heterocycles. The fourth-order valence-electron chi connectivity index (χ4n) is 2.72. The number of benzene rings is 1. The van der Waals surface area contributed by atoms with E-state index in [2.05, 4.69) is 25.4 Å². The van der Waals surface area contributed by atoms with Gasteiger partial charge < -0.3 is 15.2 Å². The average molecular weight is 299 g/mol. The van der Waals surface area contributed by atoms with Crippen molar-refractivity contribution in [2.24, 2.45) is 0 Å². The normalized spacial score (nSPS) is 14.0. The number of hydrogen-bond donors (Lipinski definition) is 2. The van der Waals surface area contributed by atoms with Crippen LogP contribution in [0.1, 0.15) is 36.5 Å². The molecule has 1 aromatic carbocycles. The number of carbonyl (C=O) groups is 1. The third-order valence-electron chi connectivity index (χ3n) is 3.99. The van der Waals surface area contributed by atoms with E-state index in [4.69, 9.17) is 0 Å². The predicted molar refractivity (Wildman–Crippen MR) is 84.6 cm³/mol. The van der Waals surface area contributed by atoms with Crippen molar-refractivity contribution in [2.75, 3.05) is 5.32 Å². The minimum absolute atomic E-state index is 0.222. The maximum atomic E-state index is 12.0. The molecule has 0 saturated carbocycles. The summed E-state index contributed by atoms with van der Waals surface area (Å²) in [6.45, 7) is 3.30. The smallest absolute Gasteiger partial charge is 0.319 e. The summed E-state index contributed by atoms with van der Waals surface area (Å²) in [6.07, 6.45) is 4.51. The van der Waals surface area contributed by atoms with Gasteiger partial charge in [-0.15, -0.1) is 10.2 Å². The van der Waals surface area contributed by atoms with Gasteiger partial charge in [0.25, 0.3) is 0 Å². The fourth-order valence-corrected chi connectivity index (χ4v) is 2.72. The lowest BCUT2D eigenvalue weighted by atomic mass is 10.2. The van der Waals surface area contributed by atoms with Crippen molar-refractivity contribution in [1.29, 1.82) is 0 Å². The van der Waals surface area contributed by atoms with Gasteiger partial charge in [-0.2, -0.15) is 0 Å². The summed E-state index contributed by atoms with van der Waals surface area (Å²) in [7, 11) is 0. The SMILES string of the molecule is Cc1ccccc1NC(=O)NCc1nnc2n1CCCCC2. The summed E-state index contributed by atoms with van der Waals surface area (Å²) in [6, 6.07) is 7.48. The molecule has 0 radical (unpaired) electrons. The van der Waals surface area contributed by atoms with Crippen molar-refractivity contribution in [1.82, 2.24) is 20.1 Å². The van der Waals surface area contributed by atoms with E-state index in [-0.39, 0.29) is 6.03 Å². The summed E-state index contributed by atoms with van der Waals surface area (Å²) in [5.74, 6) is 1.87. The van der Waals surface area contributed by atoms with Crippen LogP contribution in [0.5, 0.6) is 0 Å². The van der Waals surface area contributed by atoms with Crippen LogP contribution in [0.3, 0.4) is 0 Å². The van der Waals surface area contributed by atoms with Gasteiger partial charge in [0.05, 0.1) is 6.54 Å². The lowest BCUT2D eigenvalue weighted by Crippen LogP contribution is -2.29. The molecule has 0 bridgehead atoms. The highest BCUT2D eigenvalue weighted by Crippen LogP contribution is 2.15. The van der Waals surface area contributed by atoms with E-state index < -0.39 is 0 Å². The molecule has 6 nitrogen and oxygen atoms in total. The van der Waals surface area contributed by atoms with Crippen LogP contribution in [0, 0.1) is 6.92 Å². The molecule has 2 N–H and O–H groups in total. The van der Waals surface area contributed by atoms with Gasteiger partial charge in [-0.25, -0.2) is 4.79 Å². The molecule has 0 atom stereocenters. The zero-order valence-corrected chi connectivity index (χ0v) is 12.8. The van der Waals surface area contributed by atoms with Crippen LogP contribution < -0.4 is 10.6 Å². The second-order valence-electron chi connectivity index (χ2n) is 5.62. The monoisotopic (exact) mass is 299 g/mol. The zero-order valence-electron chi connectivity index (χ0n) is 12.8. The molecule has 1 aromatic heterocycles. The maximum Gasteiger partial charge on any atom is 0.319 e. The van der Waals surface area contributed by atoms with Crippen molar-refractivity contribution in [3.63, 3.8) is 0 Å². The average Bonchev–Trinajstić information content (AvgIpc) is 2.75. The number of carbonyl (C=O) groups excluding carboxylic acids is 1. The Morgan fingerprint density at radius 3 is 2.95 bits per heavy atom. The highest BCUT2D eigenvalue weighted by atomic mass is 16.2. The van der Waals surface area contributed by atoms with Crippen LogP contribution >= 0.6 is 0 Å². The largest absolute Gasteiger partial charge is 0.331 e. The van der Waals surface area contributed by atoms with Gasteiger partial charge in [0, 0.05) is 18.7 Å². The number of hydrogen-bond acceptors (Lipinski definition) is 3. The van der Waals surface area contributed by atoms with Crippen molar-refractivity contribution < 1.29 is 4.79 Å². The Hall–Kier alpha value is -2.37. The van der Waals surface area contributed by atoms with Crippen LogP contribution in [0.25, 0.3) is 0 Å². The fraction of sp³-hybridized carbons (Fsp3) is 0.438. The van der Waals surface area contributed by atoms with E-state index in [9.17, 15) is 4.79 Å². The van der Waals surface area contributed by atoms with Gasteiger partial charge in [-0.1, -0.05) is 24.6 Å². The molecule has 2 aromatic rings. The molecule has 2 amide bonds. The van der Waals surface area contributed by atoms with E-state index in [1.165, 1.54) is 12.8 Å². The van der Waals surface area contributed by atoms with Crippen molar-refractivity contribution in [3.8, 4) is 0 Å². The zero-order chi connectivity index (χ0) is 15.4. The first kappa shape index (κ1) is 14.6. The summed E-state index contributed by atoms with van der Waals surface area (Å²) in [4.78, 5) is 12.0. The molecule has 0 spiro atoms.